The second-order valence-electron chi connectivity index (χ2n) is 4.77. The minimum atomic E-state index is -0.357. The topological polar surface area (TPSA) is 103 Å². The lowest BCUT2D eigenvalue weighted by Crippen LogP contribution is -2.23. The van der Waals surface area contributed by atoms with Gasteiger partial charge in [-0.05, 0) is 12.8 Å². The van der Waals surface area contributed by atoms with E-state index in [1.54, 1.807) is 12.1 Å². The molecule has 7 nitrogen and oxygen atoms in total. The predicted molar refractivity (Wildman–Crippen MR) is 78.6 cm³/mol. The van der Waals surface area contributed by atoms with Crippen molar-refractivity contribution in [1.29, 1.82) is 0 Å². The van der Waals surface area contributed by atoms with Gasteiger partial charge in [0.2, 0.25) is 11.8 Å². The van der Waals surface area contributed by atoms with E-state index in [1.807, 2.05) is 0 Å². The molecule has 7 heteroatoms. The van der Waals surface area contributed by atoms with E-state index in [0.717, 1.165) is 12.8 Å². The Morgan fingerprint density at radius 1 is 1.14 bits per heavy atom. The van der Waals surface area contributed by atoms with Crippen molar-refractivity contribution in [1.82, 2.24) is 0 Å². The van der Waals surface area contributed by atoms with Crippen molar-refractivity contribution in [3.05, 3.63) is 12.1 Å². The highest BCUT2D eigenvalue weighted by molar-refractivity contribution is 6.02. The van der Waals surface area contributed by atoms with E-state index in [2.05, 4.69) is 10.6 Å². The summed E-state index contributed by atoms with van der Waals surface area (Å²) in [5, 5.41) is 5.43. The molecule has 21 heavy (non-hydrogen) atoms. The molecule has 2 amide bonds. The molecule has 0 radical (unpaired) electrons. The summed E-state index contributed by atoms with van der Waals surface area (Å²) in [4.78, 5) is 23.4. The lowest BCUT2D eigenvalue weighted by atomic mass is 10.2. The maximum atomic E-state index is 11.9. The van der Waals surface area contributed by atoms with Gasteiger partial charge in [-0.2, -0.15) is 0 Å². The number of nitrogens with one attached hydrogen (secondary N) is 2. The quantitative estimate of drug-likeness (QED) is 0.724. The molecule has 0 spiro atoms. The van der Waals surface area contributed by atoms with Gasteiger partial charge in [0, 0.05) is 18.1 Å². The van der Waals surface area contributed by atoms with E-state index in [0.29, 0.717) is 22.9 Å². The smallest absolute Gasteiger partial charge is 0.238 e. The summed E-state index contributed by atoms with van der Waals surface area (Å²) in [6.45, 7) is -0.148. The number of anilines is 2. The molecule has 2 rings (SSSR count). The molecule has 1 saturated carbocycles. The number of amides is 2. The molecule has 0 aliphatic heterocycles. The Morgan fingerprint density at radius 2 is 1.67 bits per heavy atom. The van der Waals surface area contributed by atoms with Crippen molar-refractivity contribution in [3.63, 3.8) is 0 Å². The van der Waals surface area contributed by atoms with Gasteiger partial charge in [0.15, 0.2) is 11.5 Å². The average Bonchev–Trinajstić information content (AvgIpc) is 3.32. The molecule has 0 atom stereocenters. The Kier molecular flexibility index (Phi) is 4.64. The molecule has 1 aliphatic carbocycles. The minimum Gasteiger partial charge on any atom is -0.493 e. The van der Waals surface area contributed by atoms with Gasteiger partial charge < -0.3 is 25.8 Å². The van der Waals surface area contributed by atoms with Crippen molar-refractivity contribution in [2.24, 2.45) is 11.7 Å². The Morgan fingerprint density at radius 3 is 2.10 bits per heavy atom. The van der Waals surface area contributed by atoms with Gasteiger partial charge in [-0.15, -0.1) is 0 Å². The molecule has 4 N–H and O–H groups in total. The summed E-state index contributed by atoms with van der Waals surface area (Å²) in [5.74, 6) is 0.550. The third-order valence-electron chi connectivity index (χ3n) is 3.19. The Labute approximate surface area is 122 Å². The number of benzene rings is 1. The van der Waals surface area contributed by atoms with Crippen molar-refractivity contribution in [2.45, 2.75) is 12.8 Å². The Hall–Kier alpha value is -2.28. The molecule has 0 aromatic heterocycles. The fourth-order valence-corrected chi connectivity index (χ4v) is 1.87. The zero-order valence-corrected chi connectivity index (χ0v) is 12.1. The fourth-order valence-electron chi connectivity index (χ4n) is 1.87. The van der Waals surface area contributed by atoms with Gasteiger partial charge in [-0.1, -0.05) is 0 Å². The van der Waals surface area contributed by atoms with Crippen LogP contribution in [0.5, 0.6) is 11.5 Å². The summed E-state index contributed by atoms with van der Waals surface area (Å²) in [5.41, 5.74) is 6.19. The molecule has 0 heterocycles. The number of ether oxygens (including phenoxy) is 2. The molecular weight excluding hydrogens is 274 g/mol. The molecule has 1 fully saturated rings. The Bertz CT molecular complexity index is 555. The van der Waals surface area contributed by atoms with Crippen LogP contribution in [0.15, 0.2) is 12.1 Å². The van der Waals surface area contributed by atoms with Crippen LogP contribution >= 0.6 is 0 Å². The predicted octanol–water partition coefficient (Wildman–Crippen LogP) is 0.949. The minimum absolute atomic E-state index is 0.0520. The molecular formula is C14H19N3O4. The number of methoxy groups -OCH3 is 2. The normalized spacial score (nSPS) is 13.5. The third kappa shape index (κ3) is 3.63. The molecule has 1 aliphatic rings. The van der Waals surface area contributed by atoms with E-state index < -0.39 is 0 Å². The van der Waals surface area contributed by atoms with Crippen LogP contribution in [0, 0.1) is 5.92 Å². The van der Waals surface area contributed by atoms with Gasteiger partial charge in [-0.3, -0.25) is 9.59 Å². The largest absolute Gasteiger partial charge is 0.493 e. The number of carbonyl (C=O) groups excluding carboxylic acids is 2. The molecule has 1 aromatic rings. The number of hydrogen-bond acceptors (Lipinski definition) is 5. The van der Waals surface area contributed by atoms with Crippen LogP contribution in [0.3, 0.4) is 0 Å². The second-order valence-corrected chi connectivity index (χ2v) is 4.77. The van der Waals surface area contributed by atoms with E-state index >= 15 is 0 Å². The molecule has 114 valence electrons. The molecule has 0 saturated heterocycles. The number of carbonyl (C=O) groups is 2. The standard InChI is InChI=1S/C14H19N3O4/c1-20-11-5-9(16-13(18)7-15)10(6-12(11)21-2)17-14(19)8-3-4-8/h5-6,8H,3-4,7,15H2,1-2H3,(H,16,18)(H,17,19). The number of nitrogens with two attached hydrogens (primary N) is 1. The first-order valence-electron chi connectivity index (χ1n) is 6.65. The SMILES string of the molecule is COc1cc(NC(=O)CN)c(NC(=O)C2CC2)cc1OC. The highest BCUT2D eigenvalue weighted by Gasteiger charge is 2.30. The summed E-state index contributed by atoms with van der Waals surface area (Å²) < 4.78 is 10.4. The van der Waals surface area contributed by atoms with Crippen LogP contribution in [0.1, 0.15) is 12.8 Å². The highest BCUT2D eigenvalue weighted by atomic mass is 16.5. The van der Waals surface area contributed by atoms with Crippen molar-refractivity contribution >= 4 is 23.2 Å². The van der Waals surface area contributed by atoms with Gasteiger partial charge in [0.05, 0.1) is 32.1 Å². The zero-order valence-electron chi connectivity index (χ0n) is 12.1. The first-order valence-corrected chi connectivity index (χ1v) is 6.65. The third-order valence-corrected chi connectivity index (χ3v) is 3.19. The number of rotatable bonds is 6. The molecule has 1 aromatic carbocycles. The van der Waals surface area contributed by atoms with Crippen molar-refractivity contribution in [2.75, 3.05) is 31.4 Å². The Balaban J connectivity index is 2.32. The summed E-state index contributed by atoms with van der Waals surface area (Å²) in [7, 11) is 3.00. The van der Waals surface area contributed by atoms with Crippen LogP contribution in [-0.4, -0.2) is 32.6 Å². The van der Waals surface area contributed by atoms with Crippen LogP contribution in [0.25, 0.3) is 0 Å². The zero-order chi connectivity index (χ0) is 15.4. The second kappa shape index (κ2) is 6.45. The molecule has 0 unspecified atom stereocenters. The summed E-state index contributed by atoms with van der Waals surface area (Å²) in [6.07, 6.45) is 1.78. The van der Waals surface area contributed by atoms with Crippen LogP contribution in [0.2, 0.25) is 0 Å². The van der Waals surface area contributed by atoms with Gasteiger partial charge >= 0.3 is 0 Å². The van der Waals surface area contributed by atoms with Gasteiger partial charge in [0.1, 0.15) is 0 Å². The average molecular weight is 293 g/mol. The van der Waals surface area contributed by atoms with Gasteiger partial charge in [0.25, 0.3) is 0 Å². The fraction of sp³-hybridized carbons (Fsp3) is 0.429. The van der Waals surface area contributed by atoms with E-state index in [4.69, 9.17) is 15.2 Å². The van der Waals surface area contributed by atoms with E-state index in [1.165, 1.54) is 14.2 Å². The summed E-state index contributed by atoms with van der Waals surface area (Å²) in [6, 6.07) is 3.21. The van der Waals surface area contributed by atoms with Crippen LogP contribution < -0.4 is 25.8 Å². The van der Waals surface area contributed by atoms with E-state index in [-0.39, 0.29) is 24.3 Å². The summed E-state index contributed by atoms with van der Waals surface area (Å²) >= 11 is 0. The first kappa shape index (κ1) is 15.1. The lowest BCUT2D eigenvalue weighted by molar-refractivity contribution is -0.117. The van der Waals surface area contributed by atoms with Crippen molar-refractivity contribution in [3.8, 4) is 11.5 Å². The molecule has 0 bridgehead atoms. The van der Waals surface area contributed by atoms with Gasteiger partial charge in [-0.25, -0.2) is 0 Å². The number of hydrogen-bond donors (Lipinski definition) is 3. The van der Waals surface area contributed by atoms with Crippen LogP contribution in [0.4, 0.5) is 11.4 Å². The van der Waals surface area contributed by atoms with Crippen molar-refractivity contribution < 1.29 is 19.1 Å². The maximum absolute atomic E-state index is 11.9. The lowest BCUT2D eigenvalue weighted by Gasteiger charge is -2.16. The maximum Gasteiger partial charge on any atom is 0.238 e. The highest BCUT2D eigenvalue weighted by Crippen LogP contribution is 2.38. The first-order chi connectivity index (χ1) is 10.1. The van der Waals surface area contributed by atoms with Crippen LogP contribution in [-0.2, 0) is 9.59 Å². The van der Waals surface area contributed by atoms with E-state index in [9.17, 15) is 9.59 Å². The monoisotopic (exact) mass is 293 g/mol.